The van der Waals surface area contributed by atoms with Gasteiger partial charge in [0, 0.05) is 24.8 Å². The maximum absolute atomic E-state index is 5.38. The average Bonchev–Trinajstić information content (AvgIpc) is 2.32. The van der Waals surface area contributed by atoms with E-state index in [4.69, 9.17) is 9.47 Å². The van der Waals surface area contributed by atoms with Crippen LogP contribution in [-0.4, -0.2) is 26.4 Å². The highest BCUT2D eigenvalue weighted by atomic mass is 16.5. The van der Waals surface area contributed by atoms with Crippen LogP contribution in [0.4, 0.5) is 0 Å². The lowest BCUT2D eigenvalue weighted by atomic mass is 9.88. The molecule has 1 saturated carbocycles. The van der Waals surface area contributed by atoms with Crippen LogP contribution in [0.1, 0.15) is 31.4 Å². The largest absolute Gasteiger partial charge is 0.496 e. The molecule has 0 heterocycles. The molecule has 1 aliphatic rings. The lowest BCUT2D eigenvalue weighted by Crippen LogP contribution is -2.45. The normalized spacial score (nSPS) is 25.1. The first kappa shape index (κ1) is 12.4. The molecule has 1 fully saturated rings. The van der Waals surface area contributed by atoms with Gasteiger partial charge in [-0.05, 0) is 25.8 Å². The fraction of sp³-hybridized carbons (Fsp3) is 0.571. The van der Waals surface area contributed by atoms with Gasteiger partial charge in [-0.2, -0.15) is 0 Å². The van der Waals surface area contributed by atoms with Crippen LogP contribution in [0.3, 0.4) is 0 Å². The molecular weight excluding hydrogens is 214 g/mol. The van der Waals surface area contributed by atoms with Crippen molar-refractivity contribution in [2.24, 2.45) is 0 Å². The SMILES string of the molecule is COc1ccccc1[C@@H](C)NC1CC(OC)C1. The van der Waals surface area contributed by atoms with Gasteiger partial charge in [0.2, 0.25) is 0 Å². The Morgan fingerprint density at radius 2 is 1.94 bits per heavy atom. The second-order valence-electron chi connectivity index (χ2n) is 4.66. The van der Waals surface area contributed by atoms with Gasteiger partial charge in [-0.3, -0.25) is 0 Å². The number of methoxy groups -OCH3 is 2. The van der Waals surface area contributed by atoms with Gasteiger partial charge in [0.05, 0.1) is 13.2 Å². The van der Waals surface area contributed by atoms with Crippen LogP contribution in [0, 0.1) is 0 Å². The molecule has 0 bridgehead atoms. The summed E-state index contributed by atoms with van der Waals surface area (Å²) in [5.41, 5.74) is 1.22. The first-order chi connectivity index (χ1) is 8.24. The summed E-state index contributed by atoms with van der Waals surface area (Å²) < 4.78 is 10.7. The van der Waals surface area contributed by atoms with Gasteiger partial charge < -0.3 is 14.8 Å². The molecular formula is C14H21NO2. The lowest BCUT2D eigenvalue weighted by Gasteiger charge is -2.37. The fourth-order valence-corrected chi connectivity index (χ4v) is 2.36. The average molecular weight is 235 g/mol. The van der Waals surface area contributed by atoms with Crippen LogP contribution in [-0.2, 0) is 4.74 Å². The summed E-state index contributed by atoms with van der Waals surface area (Å²) in [7, 11) is 3.50. The molecule has 0 amide bonds. The Bertz CT molecular complexity index is 361. The third-order valence-corrected chi connectivity index (χ3v) is 3.52. The fourth-order valence-electron chi connectivity index (χ4n) is 2.36. The summed E-state index contributed by atoms with van der Waals surface area (Å²) in [4.78, 5) is 0. The molecule has 1 atom stereocenters. The van der Waals surface area contributed by atoms with Crippen LogP contribution < -0.4 is 10.1 Å². The van der Waals surface area contributed by atoms with Crippen molar-refractivity contribution in [2.45, 2.75) is 38.0 Å². The predicted molar refractivity (Wildman–Crippen MR) is 68.4 cm³/mol. The van der Waals surface area contributed by atoms with Crippen LogP contribution in [0.2, 0.25) is 0 Å². The molecule has 0 aromatic heterocycles. The maximum atomic E-state index is 5.38. The smallest absolute Gasteiger partial charge is 0.123 e. The molecule has 0 spiro atoms. The van der Waals surface area contributed by atoms with Crippen molar-refractivity contribution in [1.82, 2.24) is 5.32 Å². The van der Waals surface area contributed by atoms with Gasteiger partial charge in [-0.1, -0.05) is 18.2 Å². The highest BCUT2D eigenvalue weighted by Gasteiger charge is 2.30. The zero-order valence-electron chi connectivity index (χ0n) is 10.8. The summed E-state index contributed by atoms with van der Waals surface area (Å²) in [6.07, 6.45) is 2.66. The Morgan fingerprint density at radius 1 is 1.24 bits per heavy atom. The molecule has 1 N–H and O–H groups in total. The van der Waals surface area contributed by atoms with E-state index in [1.165, 1.54) is 5.56 Å². The van der Waals surface area contributed by atoms with Crippen molar-refractivity contribution < 1.29 is 9.47 Å². The number of nitrogens with one attached hydrogen (secondary N) is 1. The molecule has 3 heteroatoms. The second-order valence-corrected chi connectivity index (χ2v) is 4.66. The summed E-state index contributed by atoms with van der Waals surface area (Å²) in [6, 6.07) is 9.05. The quantitative estimate of drug-likeness (QED) is 0.850. The summed E-state index contributed by atoms with van der Waals surface area (Å²) in [5, 5.41) is 3.61. The molecule has 17 heavy (non-hydrogen) atoms. The van der Waals surface area contributed by atoms with Crippen LogP contribution in [0.25, 0.3) is 0 Å². The van der Waals surface area contributed by atoms with Crippen molar-refractivity contribution in [3.05, 3.63) is 29.8 Å². The Kier molecular flexibility index (Phi) is 4.02. The van der Waals surface area contributed by atoms with Gasteiger partial charge in [0.25, 0.3) is 0 Å². The van der Waals surface area contributed by atoms with Crippen LogP contribution >= 0.6 is 0 Å². The van der Waals surface area contributed by atoms with E-state index in [-0.39, 0.29) is 0 Å². The van der Waals surface area contributed by atoms with Crippen molar-refractivity contribution in [3.8, 4) is 5.75 Å². The van der Waals surface area contributed by atoms with E-state index >= 15 is 0 Å². The van der Waals surface area contributed by atoms with E-state index in [0.29, 0.717) is 18.2 Å². The molecule has 1 aromatic rings. The molecule has 3 nitrogen and oxygen atoms in total. The Balaban J connectivity index is 1.93. The number of benzene rings is 1. The second kappa shape index (κ2) is 5.52. The highest BCUT2D eigenvalue weighted by Crippen LogP contribution is 2.29. The Hall–Kier alpha value is -1.06. The van der Waals surface area contributed by atoms with E-state index < -0.39 is 0 Å². The van der Waals surface area contributed by atoms with Crippen molar-refractivity contribution >= 4 is 0 Å². The molecule has 0 saturated heterocycles. The minimum atomic E-state index is 0.314. The zero-order valence-corrected chi connectivity index (χ0v) is 10.8. The Morgan fingerprint density at radius 3 is 2.59 bits per heavy atom. The zero-order chi connectivity index (χ0) is 12.3. The minimum Gasteiger partial charge on any atom is -0.496 e. The van der Waals surface area contributed by atoms with Gasteiger partial charge in [0.1, 0.15) is 5.75 Å². The van der Waals surface area contributed by atoms with Gasteiger partial charge in [-0.15, -0.1) is 0 Å². The van der Waals surface area contributed by atoms with Crippen LogP contribution in [0.15, 0.2) is 24.3 Å². The number of rotatable bonds is 5. The third kappa shape index (κ3) is 2.79. The molecule has 94 valence electrons. The molecule has 1 aromatic carbocycles. The third-order valence-electron chi connectivity index (χ3n) is 3.52. The highest BCUT2D eigenvalue weighted by molar-refractivity contribution is 5.35. The predicted octanol–water partition coefficient (Wildman–Crippen LogP) is 2.52. The lowest BCUT2D eigenvalue weighted by molar-refractivity contribution is 0.0146. The number of hydrogen-bond acceptors (Lipinski definition) is 3. The Labute approximate surface area is 103 Å². The van der Waals surface area contributed by atoms with E-state index in [1.54, 1.807) is 14.2 Å². The first-order valence-corrected chi connectivity index (χ1v) is 6.16. The minimum absolute atomic E-state index is 0.314. The molecule has 1 aliphatic carbocycles. The summed E-state index contributed by atoms with van der Waals surface area (Å²) in [6.45, 7) is 2.18. The topological polar surface area (TPSA) is 30.5 Å². The van der Waals surface area contributed by atoms with E-state index in [9.17, 15) is 0 Å². The van der Waals surface area contributed by atoms with Crippen molar-refractivity contribution in [1.29, 1.82) is 0 Å². The summed E-state index contributed by atoms with van der Waals surface area (Å²) >= 11 is 0. The van der Waals surface area contributed by atoms with E-state index in [0.717, 1.165) is 18.6 Å². The van der Waals surface area contributed by atoms with E-state index in [2.05, 4.69) is 24.4 Å². The maximum Gasteiger partial charge on any atom is 0.123 e. The standard InChI is InChI=1S/C14H21NO2/c1-10(15-11-8-12(9-11)16-2)13-6-4-5-7-14(13)17-3/h4-7,10-12,15H,8-9H2,1-3H3/t10-,11?,12?/m1/s1. The van der Waals surface area contributed by atoms with Crippen molar-refractivity contribution in [3.63, 3.8) is 0 Å². The number of para-hydroxylation sites is 1. The monoisotopic (exact) mass is 235 g/mol. The molecule has 0 aliphatic heterocycles. The first-order valence-electron chi connectivity index (χ1n) is 6.16. The van der Waals surface area contributed by atoms with Crippen molar-refractivity contribution in [2.75, 3.05) is 14.2 Å². The van der Waals surface area contributed by atoms with Gasteiger partial charge in [0.15, 0.2) is 0 Å². The number of hydrogen-bond donors (Lipinski definition) is 1. The number of ether oxygens (including phenoxy) is 2. The summed E-state index contributed by atoms with van der Waals surface area (Å²) in [5.74, 6) is 0.954. The molecule has 0 radical (unpaired) electrons. The molecule has 0 unspecified atom stereocenters. The van der Waals surface area contributed by atoms with Gasteiger partial charge in [-0.25, -0.2) is 0 Å². The molecule has 2 rings (SSSR count). The van der Waals surface area contributed by atoms with Crippen LogP contribution in [0.5, 0.6) is 5.75 Å². The van der Waals surface area contributed by atoms with E-state index in [1.807, 2.05) is 12.1 Å². The van der Waals surface area contributed by atoms with Gasteiger partial charge >= 0.3 is 0 Å².